The first-order valence-electron chi connectivity index (χ1n) is 6.15. The monoisotopic (exact) mass is 476 g/mol. The van der Waals surface area contributed by atoms with Gasteiger partial charge in [-0.15, -0.1) is 22.7 Å². The van der Waals surface area contributed by atoms with Crippen LogP contribution < -0.4 is 10.9 Å². The molecule has 23 heavy (non-hydrogen) atoms. The van der Waals surface area contributed by atoms with Gasteiger partial charge in [-0.2, -0.15) is 10.2 Å². The first-order chi connectivity index (χ1) is 11.0. The molecule has 0 fully saturated rings. The van der Waals surface area contributed by atoms with Crippen LogP contribution in [-0.4, -0.2) is 24.2 Å². The Hall–Kier alpha value is -1.36. The average Bonchev–Trinajstić information content (AvgIpc) is 3.07. The average molecular weight is 478 g/mol. The van der Waals surface area contributed by atoms with Crippen LogP contribution in [0.15, 0.2) is 42.0 Å². The lowest BCUT2D eigenvalue weighted by Gasteiger charge is -1.98. The molecule has 0 bridgehead atoms. The number of hydrazone groups is 2. The summed E-state index contributed by atoms with van der Waals surface area (Å²) in [4.78, 5) is 24.8. The number of nitrogens with zero attached hydrogens (tertiary/aromatic N) is 2. The summed E-state index contributed by atoms with van der Waals surface area (Å²) in [5.41, 5.74) is 4.58. The van der Waals surface area contributed by atoms with Crippen LogP contribution in [0.5, 0.6) is 0 Å². The molecule has 0 aromatic carbocycles. The third kappa shape index (κ3) is 6.73. The molecule has 10 heteroatoms. The first kappa shape index (κ1) is 18.0. The Morgan fingerprint density at radius 2 is 1.39 bits per heavy atom. The van der Waals surface area contributed by atoms with Gasteiger partial charge in [-0.3, -0.25) is 9.59 Å². The zero-order valence-electron chi connectivity index (χ0n) is 11.5. The highest BCUT2D eigenvalue weighted by molar-refractivity contribution is 9.10. The van der Waals surface area contributed by atoms with Crippen molar-refractivity contribution in [3.63, 3.8) is 0 Å². The summed E-state index contributed by atoms with van der Waals surface area (Å²) in [6.45, 7) is 0. The van der Waals surface area contributed by atoms with Crippen LogP contribution in [0, 0.1) is 0 Å². The van der Waals surface area contributed by atoms with Gasteiger partial charge in [0, 0.05) is 29.5 Å². The lowest BCUT2D eigenvalue weighted by atomic mass is 10.4. The number of amides is 2. The molecule has 0 spiro atoms. The van der Waals surface area contributed by atoms with Crippen LogP contribution in [-0.2, 0) is 9.59 Å². The molecule has 2 aromatic heterocycles. The van der Waals surface area contributed by atoms with Gasteiger partial charge in [0.2, 0.25) is 11.8 Å². The Kier molecular flexibility index (Phi) is 7.09. The lowest BCUT2D eigenvalue weighted by Crippen LogP contribution is -2.27. The number of carbonyl (C=O) groups is 2. The van der Waals surface area contributed by atoms with Gasteiger partial charge >= 0.3 is 0 Å². The van der Waals surface area contributed by atoms with Gasteiger partial charge < -0.3 is 0 Å². The fraction of sp³-hybridized carbons (Fsp3) is 0.0769. The number of carbonyl (C=O) groups excluding carboxylic acids is 2. The molecule has 0 aliphatic rings. The minimum atomic E-state index is -0.511. The molecule has 2 N–H and O–H groups in total. The van der Waals surface area contributed by atoms with E-state index < -0.39 is 11.8 Å². The topological polar surface area (TPSA) is 82.9 Å². The van der Waals surface area contributed by atoms with E-state index in [0.29, 0.717) is 0 Å². The second kappa shape index (κ2) is 9.06. The van der Waals surface area contributed by atoms with E-state index in [0.717, 1.165) is 18.7 Å². The Balaban J connectivity index is 1.71. The number of thiophene rings is 2. The summed E-state index contributed by atoms with van der Waals surface area (Å²) in [6, 6.07) is 3.73. The van der Waals surface area contributed by atoms with Crippen molar-refractivity contribution in [1.29, 1.82) is 0 Å². The van der Waals surface area contributed by atoms with Crippen molar-refractivity contribution >= 4 is 78.8 Å². The third-order valence-corrected chi connectivity index (χ3v) is 5.51. The molecule has 0 radical (unpaired) electrons. The summed E-state index contributed by atoms with van der Waals surface area (Å²) in [5, 5.41) is 11.4. The van der Waals surface area contributed by atoms with Gasteiger partial charge in [0.25, 0.3) is 0 Å². The summed E-state index contributed by atoms with van der Waals surface area (Å²) in [7, 11) is 0. The molecule has 2 amide bonds. The SMILES string of the molecule is O=C(CC(=O)N/N=C\c1cc(Br)cs1)N/N=C\c1cc(Br)cs1. The van der Waals surface area contributed by atoms with E-state index in [2.05, 4.69) is 52.9 Å². The van der Waals surface area contributed by atoms with E-state index in [-0.39, 0.29) is 6.42 Å². The fourth-order valence-corrected chi connectivity index (χ4v) is 3.96. The molecule has 2 aromatic rings. The summed E-state index contributed by atoms with van der Waals surface area (Å²) in [5.74, 6) is -1.02. The van der Waals surface area contributed by atoms with Crippen molar-refractivity contribution < 1.29 is 9.59 Å². The largest absolute Gasteiger partial charge is 0.273 e. The molecular formula is C13H10Br2N4O2S2. The highest BCUT2D eigenvalue weighted by Crippen LogP contribution is 2.18. The molecule has 2 heterocycles. The molecule has 0 atom stereocenters. The van der Waals surface area contributed by atoms with Gasteiger partial charge in [-0.25, -0.2) is 10.9 Å². The zero-order valence-corrected chi connectivity index (χ0v) is 16.3. The molecule has 0 aliphatic heterocycles. The van der Waals surface area contributed by atoms with Crippen LogP contribution >= 0.6 is 54.5 Å². The molecule has 0 saturated heterocycles. The normalized spacial score (nSPS) is 11.2. The van der Waals surface area contributed by atoms with Gasteiger partial charge in [0.15, 0.2) is 0 Å². The maximum atomic E-state index is 11.5. The smallest absolute Gasteiger partial charge is 0.249 e. The van der Waals surface area contributed by atoms with Gasteiger partial charge in [0.1, 0.15) is 6.42 Å². The molecule has 120 valence electrons. The van der Waals surface area contributed by atoms with Crippen molar-refractivity contribution in [1.82, 2.24) is 10.9 Å². The van der Waals surface area contributed by atoms with E-state index >= 15 is 0 Å². The molecule has 0 aliphatic carbocycles. The minimum absolute atomic E-state index is 0.350. The van der Waals surface area contributed by atoms with Crippen molar-refractivity contribution in [2.45, 2.75) is 6.42 Å². The Bertz CT molecular complexity index is 692. The second-order valence-corrected chi connectivity index (χ2v) is 7.81. The van der Waals surface area contributed by atoms with Crippen LogP contribution in [0.1, 0.15) is 16.2 Å². The van der Waals surface area contributed by atoms with Crippen LogP contribution in [0.3, 0.4) is 0 Å². The zero-order chi connectivity index (χ0) is 16.7. The van der Waals surface area contributed by atoms with Crippen molar-refractivity contribution in [3.05, 3.63) is 41.6 Å². The highest BCUT2D eigenvalue weighted by Gasteiger charge is 2.07. The van der Waals surface area contributed by atoms with Gasteiger partial charge in [0.05, 0.1) is 12.4 Å². The summed E-state index contributed by atoms with van der Waals surface area (Å²) in [6.07, 6.45) is 2.67. The maximum absolute atomic E-state index is 11.5. The van der Waals surface area contributed by atoms with Crippen molar-refractivity contribution in [2.75, 3.05) is 0 Å². The predicted octanol–water partition coefficient (Wildman–Crippen LogP) is 3.33. The Morgan fingerprint density at radius 3 is 1.74 bits per heavy atom. The highest BCUT2D eigenvalue weighted by atomic mass is 79.9. The summed E-state index contributed by atoms with van der Waals surface area (Å²) >= 11 is 9.60. The van der Waals surface area contributed by atoms with E-state index in [1.165, 1.54) is 35.1 Å². The molecule has 0 unspecified atom stereocenters. The third-order valence-electron chi connectivity index (χ3n) is 2.26. The number of rotatable bonds is 6. The number of hydrogen-bond acceptors (Lipinski definition) is 6. The Morgan fingerprint density at radius 1 is 0.957 bits per heavy atom. The summed E-state index contributed by atoms with van der Waals surface area (Å²) < 4.78 is 1.90. The predicted molar refractivity (Wildman–Crippen MR) is 100 cm³/mol. The van der Waals surface area contributed by atoms with Gasteiger partial charge in [-0.05, 0) is 44.0 Å². The van der Waals surface area contributed by atoms with Crippen LogP contribution in [0.2, 0.25) is 0 Å². The van der Waals surface area contributed by atoms with E-state index in [1.807, 2.05) is 22.9 Å². The number of nitrogens with one attached hydrogen (secondary N) is 2. The van der Waals surface area contributed by atoms with E-state index in [1.54, 1.807) is 0 Å². The standard InChI is InChI=1S/C13H10Br2N4O2S2/c14-8-1-10(22-6-8)4-16-18-12(20)3-13(21)19-17-5-11-2-9(15)7-23-11/h1-2,4-7H,3H2,(H,18,20)(H,19,21)/b16-4-,17-5-. The van der Waals surface area contributed by atoms with Gasteiger partial charge in [-0.1, -0.05) is 0 Å². The van der Waals surface area contributed by atoms with Crippen LogP contribution in [0.25, 0.3) is 0 Å². The quantitative estimate of drug-likeness (QED) is 0.380. The van der Waals surface area contributed by atoms with Crippen molar-refractivity contribution in [3.8, 4) is 0 Å². The molecule has 2 rings (SSSR count). The molecular weight excluding hydrogens is 468 g/mol. The minimum Gasteiger partial charge on any atom is -0.273 e. The fourth-order valence-electron chi connectivity index (χ4n) is 1.35. The lowest BCUT2D eigenvalue weighted by molar-refractivity contribution is -0.129. The first-order valence-corrected chi connectivity index (χ1v) is 9.49. The Labute approximate surface area is 156 Å². The maximum Gasteiger partial charge on any atom is 0.249 e. The van der Waals surface area contributed by atoms with E-state index in [4.69, 9.17) is 0 Å². The van der Waals surface area contributed by atoms with E-state index in [9.17, 15) is 9.59 Å². The number of hydrogen-bond donors (Lipinski definition) is 2. The number of halogens is 2. The molecule has 0 saturated carbocycles. The van der Waals surface area contributed by atoms with Crippen LogP contribution in [0.4, 0.5) is 0 Å². The second-order valence-electron chi connectivity index (χ2n) is 4.10. The van der Waals surface area contributed by atoms with Crippen molar-refractivity contribution in [2.24, 2.45) is 10.2 Å². The molecule has 6 nitrogen and oxygen atoms in total.